The van der Waals surface area contributed by atoms with Gasteiger partial charge in [0.15, 0.2) is 5.96 Å². The molecule has 3 atom stereocenters. The van der Waals surface area contributed by atoms with Crippen LogP contribution in [0, 0.1) is 5.92 Å². The number of fused-ring (bicyclic) bond motifs is 1. The van der Waals surface area contributed by atoms with Crippen molar-refractivity contribution in [3.63, 3.8) is 0 Å². The highest BCUT2D eigenvalue weighted by atomic mass is 127. The van der Waals surface area contributed by atoms with Gasteiger partial charge in [-0.25, -0.2) is 4.99 Å². The Morgan fingerprint density at radius 2 is 2.24 bits per heavy atom. The minimum Gasteiger partial charge on any atom is -0.493 e. The molecule has 0 aromatic heterocycles. The van der Waals surface area contributed by atoms with Gasteiger partial charge in [-0.05, 0) is 24.8 Å². The van der Waals surface area contributed by atoms with Crippen molar-refractivity contribution in [3.8, 4) is 5.75 Å². The molecular weight excluding hydrogens is 377 g/mol. The third-order valence-electron chi connectivity index (χ3n) is 4.14. The molecule has 3 rings (SSSR count). The van der Waals surface area contributed by atoms with Crippen LogP contribution in [0.25, 0.3) is 0 Å². The number of ether oxygens (including phenoxy) is 1. The van der Waals surface area contributed by atoms with E-state index in [9.17, 15) is 0 Å². The molecule has 1 aromatic rings. The Labute approximate surface area is 143 Å². The molecule has 1 saturated carbocycles. The first-order valence-corrected chi connectivity index (χ1v) is 7.59. The maximum Gasteiger partial charge on any atom is 0.189 e. The average Bonchev–Trinajstić information content (AvgIpc) is 3.17. The van der Waals surface area contributed by atoms with Crippen LogP contribution in [0.5, 0.6) is 5.75 Å². The first kappa shape index (κ1) is 16.4. The fourth-order valence-corrected chi connectivity index (χ4v) is 2.97. The summed E-state index contributed by atoms with van der Waals surface area (Å²) in [4.78, 5) is 4.66. The Kier molecular flexibility index (Phi) is 5.72. The lowest BCUT2D eigenvalue weighted by molar-refractivity contribution is 0.269. The molecule has 116 valence electrons. The van der Waals surface area contributed by atoms with Gasteiger partial charge in [0.2, 0.25) is 0 Å². The fourth-order valence-electron chi connectivity index (χ4n) is 2.97. The van der Waals surface area contributed by atoms with Crippen LogP contribution >= 0.6 is 24.0 Å². The molecule has 1 heterocycles. The zero-order chi connectivity index (χ0) is 13.9. The monoisotopic (exact) mass is 401 g/mol. The van der Waals surface area contributed by atoms with Crippen molar-refractivity contribution in [2.24, 2.45) is 16.6 Å². The molecule has 1 aliphatic carbocycles. The summed E-state index contributed by atoms with van der Waals surface area (Å²) >= 11 is 0. The van der Waals surface area contributed by atoms with Gasteiger partial charge in [-0.1, -0.05) is 31.5 Å². The van der Waals surface area contributed by atoms with E-state index in [4.69, 9.17) is 10.5 Å². The van der Waals surface area contributed by atoms with E-state index < -0.39 is 0 Å². The maximum absolute atomic E-state index is 6.06. The summed E-state index contributed by atoms with van der Waals surface area (Å²) < 4.78 is 5.65. The van der Waals surface area contributed by atoms with E-state index in [1.807, 2.05) is 18.2 Å². The number of guanidine groups is 1. The van der Waals surface area contributed by atoms with Crippen LogP contribution in [-0.4, -0.2) is 18.6 Å². The van der Waals surface area contributed by atoms with Gasteiger partial charge >= 0.3 is 0 Å². The molecule has 3 N–H and O–H groups in total. The van der Waals surface area contributed by atoms with E-state index in [1.54, 1.807) is 0 Å². The van der Waals surface area contributed by atoms with Crippen LogP contribution < -0.4 is 15.8 Å². The molecule has 1 aromatic carbocycles. The van der Waals surface area contributed by atoms with Crippen molar-refractivity contribution in [1.29, 1.82) is 0 Å². The van der Waals surface area contributed by atoms with E-state index >= 15 is 0 Å². The number of benzene rings is 1. The standard InChI is InChI=1S/C16H23N3O.HI/c1-2-5-11-10-14(11)19-16(17)18-13-8-9-20-15-7-4-3-6-12(13)15;/h3-4,6-7,11,13-14H,2,5,8-10H2,1H3,(H3,17,18,19);1H. The number of nitrogens with one attached hydrogen (secondary N) is 1. The SMILES string of the molecule is CCCC1CC1NC(N)=NC1CCOc2ccccc21.I. The molecule has 0 radical (unpaired) electrons. The van der Waals surface area contributed by atoms with Crippen LogP contribution in [0.1, 0.15) is 44.2 Å². The van der Waals surface area contributed by atoms with E-state index in [2.05, 4.69) is 23.3 Å². The van der Waals surface area contributed by atoms with Crippen molar-refractivity contribution < 1.29 is 4.74 Å². The molecule has 4 nitrogen and oxygen atoms in total. The highest BCUT2D eigenvalue weighted by Crippen LogP contribution is 2.36. The van der Waals surface area contributed by atoms with Crippen molar-refractivity contribution in [3.05, 3.63) is 29.8 Å². The van der Waals surface area contributed by atoms with Gasteiger partial charge in [-0.2, -0.15) is 0 Å². The van der Waals surface area contributed by atoms with Crippen LogP contribution in [0.15, 0.2) is 29.3 Å². The minimum atomic E-state index is 0. The predicted molar refractivity (Wildman–Crippen MR) is 96.3 cm³/mol. The van der Waals surface area contributed by atoms with E-state index in [0.29, 0.717) is 18.6 Å². The lowest BCUT2D eigenvalue weighted by Gasteiger charge is -2.23. The van der Waals surface area contributed by atoms with Crippen molar-refractivity contribution in [2.75, 3.05) is 6.61 Å². The molecule has 1 aliphatic heterocycles. The van der Waals surface area contributed by atoms with Gasteiger partial charge in [0.05, 0.1) is 12.6 Å². The first-order valence-electron chi connectivity index (χ1n) is 7.59. The minimum absolute atomic E-state index is 0. The summed E-state index contributed by atoms with van der Waals surface area (Å²) in [5, 5.41) is 3.35. The normalized spacial score (nSPS) is 27.1. The second kappa shape index (κ2) is 7.33. The first-order chi connectivity index (χ1) is 9.78. The summed E-state index contributed by atoms with van der Waals surface area (Å²) in [7, 11) is 0. The average molecular weight is 401 g/mol. The summed E-state index contributed by atoms with van der Waals surface area (Å²) in [5.74, 6) is 2.31. The number of para-hydroxylation sites is 1. The van der Waals surface area contributed by atoms with Crippen molar-refractivity contribution in [1.82, 2.24) is 5.32 Å². The largest absolute Gasteiger partial charge is 0.493 e. The Balaban J connectivity index is 0.00000161. The smallest absolute Gasteiger partial charge is 0.189 e. The van der Waals surface area contributed by atoms with Gasteiger partial charge in [-0.3, -0.25) is 0 Å². The summed E-state index contributed by atoms with van der Waals surface area (Å²) in [6.07, 6.45) is 4.65. The summed E-state index contributed by atoms with van der Waals surface area (Å²) in [6, 6.07) is 8.75. The van der Waals surface area contributed by atoms with Gasteiger partial charge in [0.25, 0.3) is 0 Å². The van der Waals surface area contributed by atoms with Crippen LogP contribution in [-0.2, 0) is 0 Å². The van der Waals surface area contributed by atoms with E-state index in [1.165, 1.54) is 19.3 Å². The second-order valence-corrected chi connectivity index (χ2v) is 5.74. The van der Waals surface area contributed by atoms with Crippen LogP contribution in [0.2, 0.25) is 0 Å². The third kappa shape index (κ3) is 4.02. The zero-order valence-corrected chi connectivity index (χ0v) is 14.7. The van der Waals surface area contributed by atoms with Crippen molar-refractivity contribution >= 4 is 29.9 Å². The zero-order valence-electron chi connectivity index (χ0n) is 12.4. The quantitative estimate of drug-likeness (QED) is 0.463. The highest BCUT2D eigenvalue weighted by molar-refractivity contribution is 14.0. The van der Waals surface area contributed by atoms with E-state index in [-0.39, 0.29) is 30.0 Å². The molecular formula is C16H24IN3O. The van der Waals surface area contributed by atoms with Crippen LogP contribution in [0.3, 0.4) is 0 Å². The third-order valence-corrected chi connectivity index (χ3v) is 4.14. The van der Waals surface area contributed by atoms with Gasteiger partial charge in [-0.15, -0.1) is 24.0 Å². The molecule has 2 aliphatic rings. The van der Waals surface area contributed by atoms with Gasteiger partial charge in [0.1, 0.15) is 5.75 Å². The van der Waals surface area contributed by atoms with Gasteiger partial charge in [0, 0.05) is 18.0 Å². The number of nitrogens with zero attached hydrogens (tertiary/aromatic N) is 1. The molecule has 0 bridgehead atoms. The maximum atomic E-state index is 6.06. The summed E-state index contributed by atoms with van der Waals surface area (Å²) in [5.41, 5.74) is 7.20. The van der Waals surface area contributed by atoms with E-state index in [0.717, 1.165) is 23.7 Å². The number of hydrogen-bond donors (Lipinski definition) is 2. The molecule has 21 heavy (non-hydrogen) atoms. The Morgan fingerprint density at radius 3 is 3.05 bits per heavy atom. The molecule has 5 heteroatoms. The molecule has 0 saturated heterocycles. The Bertz CT molecular complexity index is 506. The molecule has 0 amide bonds. The molecule has 3 unspecified atom stereocenters. The topological polar surface area (TPSA) is 59.6 Å². The Hall–Kier alpha value is -0.980. The lowest BCUT2D eigenvalue weighted by Crippen LogP contribution is -2.35. The number of nitrogens with two attached hydrogens (primary N) is 1. The fraction of sp³-hybridized carbons (Fsp3) is 0.562. The van der Waals surface area contributed by atoms with Crippen LogP contribution in [0.4, 0.5) is 0 Å². The molecule has 1 fully saturated rings. The number of halogens is 1. The number of hydrogen-bond acceptors (Lipinski definition) is 2. The highest BCUT2D eigenvalue weighted by Gasteiger charge is 2.36. The van der Waals surface area contributed by atoms with Gasteiger partial charge < -0.3 is 15.8 Å². The number of rotatable bonds is 4. The summed E-state index contributed by atoms with van der Waals surface area (Å²) in [6.45, 7) is 2.94. The number of aliphatic imine (C=N–C) groups is 1. The lowest BCUT2D eigenvalue weighted by atomic mass is 10.0. The second-order valence-electron chi connectivity index (χ2n) is 5.74. The predicted octanol–water partition coefficient (Wildman–Crippen LogP) is 3.22. The Morgan fingerprint density at radius 1 is 1.43 bits per heavy atom. The van der Waals surface area contributed by atoms with Crippen molar-refractivity contribution in [2.45, 2.75) is 44.7 Å². The molecule has 0 spiro atoms.